The van der Waals surface area contributed by atoms with E-state index in [1.807, 2.05) is 13.1 Å². The Bertz CT molecular complexity index is 599. The summed E-state index contributed by atoms with van der Waals surface area (Å²) in [5.74, 6) is 0.847. The van der Waals surface area contributed by atoms with Crippen LogP contribution in [0, 0.1) is 0 Å². The predicted molar refractivity (Wildman–Crippen MR) is 95.3 cm³/mol. The number of phenols is 1. The molecule has 1 aromatic rings. The second kappa shape index (κ2) is 8.15. The lowest BCUT2D eigenvalue weighted by Crippen LogP contribution is -2.33. The summed E-state index contributed by atoms with van der Waals surface area (Å²) >= 11 is 0. The van der Waals surface area contributed by atoms with E-state index in [1.165, 1.54) is 5.56 Å². The summed E-state index contributed by atoms with van der Waals surface area (Å²) in [6, 6.07) is 5.46. The van der Waals surface area contributed by atoms with Gasteiger partial charge < -0.3 is 15.2 Å². The van der Waals surface area contributed by atoms with E-state index in [2.05, 4.69) is 17.6 Å². The lowest BCUT2D eigenvalue weighted by atomic mass is 9.77. The maximum Gasteiger partial charge on any atom is 0.226 e. The smallest absolute Gasteiger partial charge is 0.226 e. The molecule has 1 unspecified atom stereocenters. The summed E-state index contributed by atoms with van der Waals surface area (Å²) in [6.07, 6.45) is 3.85. The van der Waals surface area contributed by atoms with Crippen LogP contribution in [0.5, 0.6) is 11.5 Å². The maximum absolute atomic E-state index is 10.3. The molecule has 0 saturated carbocycles. The normalized spacial score (nSPS) is 22.1. The standard InChI is InChI=1S/C13H19NO2.C5H7NO2.2H2/c1-3-13(6-7-14-2)9-16-12-8-10(15)4-5-11(12)13;7-4-2-1-3-5(8)6-4;;/h4-5,8,14-15H,3,6-7,9H2,1-2H3;1-3H2,(H,6,7,8);2*1H. The topological polar surface area (TPSA) is 87.7 Å². The molecule has 1 aromatic carbocycles. The summed E-state index contributed by atoms with van der Waals surface area (Å²) in [4.78, 5) is 20.7. The molecule has 6 nitrogen and oxygen atoms in total. The van der Waals surface area contributed by atoms with Gasteiger partial charge in [-0.1, -0.05) is 13.0 Å². The molecule has 0 aliphatic carbocycles. The van der Waals surface area contributed by atoms with Gasteiger partial charge in [0.25, 0.3) is 0 Å². The molecule has 3 rings (SSSR count). The molecule has 1 atom stereocenters. The summed E-state index contributed by atoms with van der Waals surface area (Å²) in [5, 5.41) is 14.8. The summed E-state index contributed by atoms with van der Waals surface area (Å²) < 4.78 is 5.70. The predicted octanol–water partition coefficient (Wildman–Crippen LogP) is 2.35. The number of benzene rings is 1. The van der Waals surface area contributed by atoms with E-state index in [0.717, 1.165) is 31.7 Å². The van der Waals surface area contributed by atoms with Gasteiger partial charge in [0.05, 0.1) is 6.61 Å². The number of hydrogen-bond donors (Lipinski definition) is 3. The van der Waals surface area contributed by atoms with Crippen molar-refractivity contribution >= 4 is 11.8 Å². The summed E-state index contributed by atoms with van der Waals surface area (Å²) in [5.41, 5.74) is 1.36. The first kappa shape index (κ1) is 18.3. The van der Waals surface area contributed by atoms with Gasteiger partial charge in [-0.25, -0.2) is 0 Å². The number of fused-ring (bicyclic) bond motifs is 1. The highest BCUT2D eigenvalue weighted by Crippen LogP contribution is 2.44. The van der Waals surface area contributed by atoms with Crippen molar-refractivity contribution in [2.24, 2.45) is 0 Å². The lowest BCUT2D eigenvalue weighted by Gasteiger charge is -2.26. The van der Waals surface area contributed by atoms with Crippen molar-refractivity contribution in [2.75, 3.05) is 20.2 Å². The van der Waals surface area contributed by atoms with Crippen molar-refractivity contribution in [2.45, 2.75) is 44.4 Å². The molecule has 6 heteroatoms. The summed E-state index contributed by atoms with van der Waals surface area (Å²) in [6.45, 7) is 3.91. The lowest BCUT2D eigenvalue weighted by molar-refractivity contribution is -0.132. The number of rotatable bonds is 4. The number of carbonyl (C=O) groups excluding carboxylic acids is 2. The fraction of sp³-hybridized carbons (Fsp3) is 0.556. The fourth-order valence-electron chi connectivity index (χ4n) is 3.09. The zero-order valence-electron chi connectivity index (χ0n) is 14.4. The Balaban J connectivity index is 0.000000536. The molecule has 3 N–H and O–H groups in total. The van der Waals surface area contributed by atoms with Crippen LogP contribution >= 0.6 is 0 Å². The van der Waals surface area contributed by atoms with Gasteiger partial charge in [0.1, 0.15) is 11.5 Å². The Morgan fingerprint density at radius 3 is 2.58 bits per heavy atom. The monoisotopic (exact) mass is 338 g/mol. The molecule has 0 spiro atoms. The SMILES string of the molecule is CCC1(CCNC)COc2cc(O)ccc21.O=C1CCCC(=O)N1.[HH].[HH]. The first-order valence-corrected chi connectivity index (χ1v) is 8.44. The van der Waals surface area contributed by atoms with Crippen LogP contribution in [0.1, 0.15) is 47.4 Å². The molecule has 2 aliphatic heterocycles. The van der Waals surface area contributed by atoms with Crippen LogP contribution < -0.4 is 15.4 Å². The van der Waals surface area contributed by atoms with Crippen molar-refractivity contribution < 1.29 is 22.3 Å². The van der Waals surface area contributed by atoms with Crippen molar-refractivity contribution in [3.8, 4) is 11.5 Å². The minimum Gasteiger partial charge on any atom is -0.508 e. The molecule has 0 aromatic heterocycles. The average Bonchev–Trinajstić information content (AvgIpc) is 2.91. The zero-order valence-corrected chi connectivity index (χ0v) is 14.4. The van der Waals surface area contributed by atoms with E-state index < -0.39 is 0 Å². The van der Waals surface area contributed by atoms with Crippen LogP contribution in [-0.4, -0.2) is 37.1 Å². The highest BCUT2D eigenvalue weighted by Gasteiger charge is 2.38. The number of piperidine rings is 1. The molecule has 0 radical (unpaired) electrons. The minimum absolute atomic E-state index is 0. The molecule has 2 heterocycles. The van der Waals surface area contributed by atoms with Gasteiger partial charge >= 0.3 is 0 Å². The molecule has 1 saturated heterocycles. The Morgan fingerprint density at radius 1 is 1.33 bits per heavy atom. The molecule has 1 fully saturated rings. The van der Waals surface area contributed by atoms with Crippen LogP contribution in [0.2, 0.25) is 0 Å². The van der Waals surface area contributed by atoms with E-state index >= 15 is 0 Å². The highest BCUT2D eigenvalue weighted by atomic mass is 16.5. The summed E-state index contributed by atoms with van der Waals surface area (Å²) in [7, 11) is 1.97. The second-order valence-electron chi connectivity index (χ2n) is 6.28. The van der Waals surface area contributed by atoms with E-state index in [-0.39, 0.29) is 25.8 Å². The zero-order chi connectivity index (χ0) is 17.6. The third-order valence-electron chi connectivity index (χ3n) is 4.66. The Hall–Kier alpha value is -2.08. The molecule has 2 aliphatic rings. The van der Waals surface area contributed by atoms with Crippen LogP contribution in [0.4, 0.5) is 0 Å². The number of phenolic OH excluding ortho intramolecular Hbond substituents is 1. The molecule has 136 valence electrons. The third kappa shape index (κ3) is 4.26. The third-order valence-corrected chi connectivity index (χ3v) is 4.66. The quantitative estimate of drug-likeness (QED) is 0.734. The Morgan fingerprint density at radius 2 is 2.04 bits per heavy atom. The van der Waals surface area contributed by atoms with Crippen molar-refractivity contribution in [3.05, 3.63) is 23.8 Å². The number of aromatic hydroxyl groups is 1. The van der Waals surface area contributed by atoms with Gasteiger partial charge in [0, 0.05) is 32.7 Å². The van der Waals surface area contributed by atoms with Gasteiger partial charge in [-0.15, -0.1) is 0 Å². The van der Waals surface area contributed by atoms with Crippen molar-refractivity contribution in [3.63, 3.8) is 0 Å². The van der Waals surface area contributed by atoms with Gasteiger partial charge in [-0.05, 0) is 38.9 Å². The maximum atomic E-state index is 10.3. The minimum atomic E-state index is -0.138. The Labute approximate surface area is 145 Å². The number of hydrogen-bond acceptors (Lipinski definition) is 5. The first-order chi connectivity index (χ1) is 11.5. The molecule has 24 heavy (non-hydrogen) atoms. The van der Waals surface area contributed by atoms with Gasteiger partial charge in [-0.2, -0.15) is 0 Å². The molecular weight excluding hydrogens is 308 g/mol. The van der Waals surface area contributed by atoms with E-state index in [4.69, 9.17) is 4.74 Å². The van der Waals surface area contributed by atoms with Gasteiger partial charge in [0.2, 0.25) is 11.8 Å². The number of amides is 2. The van der Waals surface area contributed by atoms with Gasteiger partial charge in [0.15, 0.2) is 0 Å². The fourth-order valence-corrected chi connectivity index (χ4v) is 3.09. The first-order valence-electron chi connectivity index (χ1n) is 8.44. The largest absolute Gasteiger partial charge is 0.508 e. The van der Waals surface area contributed by atoms with Crippen LogP contribution in [0.25, 0.3) is 0 Å². The van der Waals surface area contributed by atoms with Gasteiger partial charge in [-0.3, -0.25) is 14.9 Å². The Kier molecular flexibility index (Phi) is 6.20. The number of nitrogens with one attached hydrogen (secondary N) is 2. The number of carbonyl (C=O) groups is 2. The second-order valence-corrected chi connectivity index (χ2v) is 6.28. The number of imide groups is 1. The van der Waals surface area contributed by atoms with Crippen LogP contribution in [-0.2, 0) is 15.0 Å². The van der Waals surface area contributed by atoms with Crippen molar-refractivity contribution in [1.29, 1.82) is 0 Å². The molecule has 0 bridgehead atoms. The highest BCUT2D eigenvalue weighted by molar-refractivity contribution is 5.97. The van der Waals surface area contributed by atoms with E-state index in [0.29, 0.717) is 19.3 Å². The average molecular weight is 338 g/mol. The van der Waals surface area contributed by atoms with Crippen LogP contribution in [0.15, 0.2) is 18.2 Å². The number of ether oxygens (including phenoxy) is 1. The van der Waals surface area contributed by atoms with E-state index in [1.54, 1.807) is 12.1 Å². The van der Waals surface area contributed by atoms with Crippen LogP contribution in [0.3, 0.4) is 0 Å². The molecule has 2 amide bonds. The van der Waals surface area contributed by atoms with E-state index in [9.17, 15) is 14.7 Å². The molecular formula is C18H30N2O4. The van der Waals surface area contributed by atoms with Crippen molar-refractivity contribution in [1.82, 2.24) is 10.6 Å².